The molecule has 1 aromatic carbocycles. The Bertz CT molecular complexity index is 558. The van der Waals surface area contributed by atoms with Gasteiger partial charge in [-0.05, 0) is 31.0 Å². The van der Waals surface area contributed by atoms with Crippen LogP contribution in [-0.4, -0.2) is 20.5 Å². The van der Waals surface area contributed by atoms with Crippen molar-refractivity contribution in [1.29, 1.82) is 0 Å². The van der Waals surface area contributed by atoms with Crippen LogP contribution in [0.1, 0.15) is 27.3 Å². The molecule has 0 aliphatic rings. The topological polar surface area (TPSA) is 47.8 Å². The van der Waals surface area contributed by atoms with Crippen molar-refractivity contribution in [1.82, 2.24) is 14.8 Å². The molecule has 0 amide bonds. The second kappa shape index (κ2) is 4.49. The van der Waals surface area contributed by atoms with Gasteiger partial charge in [-0.1, -0.05) is 12.1 Å². The number of carbonyl (C=O) groups excluding carboxylic acids is 1. The normalized spacial score (nSPS) is 10.5. The van der Waals surface area contributed by atoms with Gasteiger partial charge < -0.3 is 0 Å². The predicted octanol–water partition coefficient (Wildman–Crippen LogP) is 1.86. The molecule has 17 heavy (non-hydrogen) atoms. The quantitative estimate of drug-likeness (QED) is 0.755. The molecule has 2 aromatic rings. The molecule has 4 nitrogen and oxygen atoms in total. The van der Waals surface area contributed by atoms with E-state index in [1.54, 1.807) is 11.7 Å². The molecule has 0 N–H and O–H groups in total. The molecule has 0 spiro atoms. The van der Waals surface area contributed by atoms with E-state index >= 15 is 0 Å². The maximum Gasteiger partial charge on any atom is 0.170 e. The lowest BCUT2D eigenvalue weighted by atomic mass is 10.0. The van der Waals surface area contributed by atoms with Crippen LogP contribution in [-0.2, 0) is 13.5 Å². The van der Waals surface area contributed by atoms with E-state index in [-0.39, 0.29) is 5.78 Å². The fourth-order valence-electron chi connectivity index (χ4n) is 1.64. The van der Waals surface area contributed by atoms with Gasteiger partial charge in [0, 0.05) is 12.6 Å². The monoisotopic (exact) mass is 229 g/mol. The number of aromatic nitrogens is 3. The molecule has 0 radical (unpaired) electrons. The number of hydrogen-bond acceptors (Lipinski definition) is 3. The zero-order valence-electron chi connectivity index (χ0n) is 10.3. The molecule has 0 bridgehead atoms. The van der Waals surface area contributed by atoms with Crippen LogP contribution in [0.15, 0.2) is 24.5 Å². The number of ketones is 1. The highest BCUT2D eigenvalue weighted by Gasteiger charge is 2.11. The van der Waals surface area contributed by atoms with E-state index in [2.05, 4.69) is 10.1 Å². The van der Waals surface area contributed by atoms with Gasteiger partial charge in [-0.15, -0.1) is 0 Å². The van der Waals surface area contributed by atoms with Gasteiger partial charge in [0.05, 0.1) is 6.42 Å². The molecule has 88 valence electrons. The van der Waals surface area contributed by atoms with Crippen LogP contribution in [0.2, 0.25) is 0 Å². The Morgan fingerprint density at radius 1 is 1.29 bits per heavy atom. The van der Waals surface area contributed by atoms with E-state index in [4.69, 9.17) is 0 Å². The van der Waals surface area contributed by atoms with Gasteiger partial charge in [0.2, 0.25) is 0 Å². The molecule has 0 atom stereocenters. The Morgan fingerprint density at radius 2 is 2.06 bits per heavy atom. The van der Waals surface area contributed by atoms with Gasteiger partial charge in [-0.3, -0.25) is 9.48 Å². The minimum atomic E-state index is 0.0733. The Balaban J connectivity index is 2.20. The fourth-order valence-corrected chi connectivity index (χ4v) is 1.64. The van der Waals surface area contributed by atoms with Crippen molar-refractivity contribution in [3.8, 4) is 0 Å². The number of aryl methyl sites for hydroxylation is 3. The van der Waals surface area contributed by atoms with Gasteiger partial charge >= 0.3 is 0 Å². The SMILES string of the molecule is Cc1ccc(C(=O)Cc2ncnn2C)cc1C. The molecule has 1 heterocycles. The molecule has 1 aromatic heterocycles. The van der Waals surface area contributed by atoms with Crippen LogP contribution >= 0.6 is 0 Å². The van der Waals surface area contributed by atoms with E-state index in [0.29, 0.717) is 12.2 Å². The van der Waals surface area contributed by atoms with Gasteiger partial charge in [-0.25, -0.2) is 4.98 Å². The third-order valence-electron chi connectivity index (χ3n) is 2.95. The third-order valence-corrected chi connectivity index (χ3v) is 2.95. The summed E-state index contributed by atoms with van der Waals surface area (Å²) in [5, 5.41) is 3.95. The average Bonchev–Trinajstić information content (AvgIpc) is 2.68. The summed E-state index contributed by atoms with van der Waals surface area (Å²) in [5.74, 6) is 0.762. The summed E-state index contributed by atoms with van der Waals surface area (Å²) >= 11 is 0. The minimum absolute atomic E-state index is 0.0733. The molecule has 0 unspecified atom stereocenters. The van der Waals surface area contributed by atoms with E-state index in [1.807, 2.05) is 32.0 Å². The minimum Gasteiger partial charge on any atom is -0.294 e. The molecule has 4 heteroatoms. The first-order valence-corrected chi connectivity index (χ1v) is 5.51. The van der Waals surface area contributed by atoms with Crippen LogP contribution in [0.4, 0.5) is 0 Å². The zero-order chi connectivity index (χ0) is 12.4. The summed E-state index contributed by atoms with van der Waals surface area (Å²) in [6, 6.07) is 5.76. The highest BCUT2D eigenvalue weighted by molar-refractivity contribution is 5.97. The van der Waals surface area contributed by atoms with Crippen molar-refractivity contribution >= 4 is 5.78 Å². The standard InChI is InChI=1S/C13H15N3O/c1-9-4-5-11(6-10(9)2)12(17)7-13-14-8-15-16(13)3/h4-6,8H,7H2,1-3H3. The molecule has 0 saturated carbocycles. The van der Waals surface area contributed by atoms with Crippen LogP contribution in [0.3, 0.4) is 0 Å². The first-order chi connectivity index (χ1) is 8.08. The summed E-state index contributed by atoms with van der Waals surface area (Å²) in [6.45, 7) is 4.04. The maximum absolute atomic E-state index is 12.0. The second-order valence-electron chi connectivity index (χ2n) is 4.20. The predicted molar refractivity (Wildman–Crippen MR) is 65.0 cm³/mol. The van der Waals surface area contributed by atoms with E-state index < -0.39 is 0 Å². The number of nitrogens with zero attached hydrogens (tertiary/aromatic N) is 3. The van der Waals surface area contributed by atoms with Crippen molar-refractivity contribution in [2.24, 2.45) is 7.05 Å². The summed E-state index contributed by atoms with van der Waals surface area (Å²) in [6.07, 6.45) is 1.75. The molecule has 0 saturated heterocycles. The van der Waals surface area contributed by atoms with Crippen LogP contribution in [0.5, 0.6) is 0 Å². The molecule has 0 fully saturated rings. The van der Waals surface area contributed by atoms with Crippen molar-refractivity contribution in [3.05, 3.63) is 47.0 Å². The largest absolute Gasteiger partial charge is 0.294 e. The molecule has 2 rings (SSSR count). The summed E-state index contributed by atoms with van der Waals surface area (Å²) < 4.78 is 1.62. The van der Waals surface area contributed by atoms with Gasteiger partial charge in [0.25, 0.3) is 0 Å². The van der Waals surface area contributed by atoms with Crippen molar-refractivity contribution in [2.45, 2.75) is 20.3 Å². The number of benzene rings is 1. The Morgan fingerprint density at radius 3 is 2.65 bits per heavy atom. The lowest BCUT2D eigenvalue weighted by molar-refractivity contribution is 0.0989. The Hall–Kier alpha value is -1.97. The molecular formula is C13H15N3O. The Labute approximate surface area is 100 Å². The van der Waals surface area contributed by atoms with Crippen LogP contribution in [0.25, 0.3) is 0 Å². The second-order valence-corrected chi connectivity index (χ2v) is 4.20. The lowest BCUT2D eigenvalue weighted by Gasteiger charge is -2.04. The average molecular weight is 229 g/mol. The first kappa shape index (κ1) is 11.5. The third kappa shape index (κ3) is 2.41. The van der Waals surface area contributed by atoms with E-state index in [9.17, 15) is 4.79 Å². The summed E-state index contributed by atoms with van der Waals surface area (Å²) in [4.78, 5) is 16.1. The van der Waals surface area contributed by atoms with Crippen molar-refractivity contribution < 1.29 is 4.79 Å². The van der Waals surface area contributed by atoms with Crippen LogP contribution < -0.4 is 0 Å². The van der Waals surface area contributed by atoms with Gasteiger partial charge in [-0.2, -0.15) is 5.10 Å². The summed E-state index contributed by atoms with van der Waals surface area (Å²) in [7, 11) is 1.79. The lowest BCUT2D eigenvalue weighted by Crippen LogP contribution is -2.09. The number of carbonyl (C=O) groups is 1. The number of hydrogen-bond donors (Lipinski definition) is 0. The van der Waals surface area contributed by atoms with Crippen LogP contribution in [0, 0.1) is 13.8 Å². The molecule has 0 aliphatic heterocycles. The first-order valence-electron chi connectivity index (χ1n) is 5.51. The van der Waals surface area contributed by atoms with Gasteiger partial charge in [0.1, 0.15) is 12.2 Å². The Kier molecular flexibility index (Phi) is 3.04. The number of Topliss-reactive ketones (excluding diaryl/α,β-unsaturated/α-hetero) is 1. The summed E-state index contributed by atoms with van der Waals surface area (Å²) in [5.41, 5.74) is 3.06. The van der Waals surface area contributed by atoms with Crippen molar-refractivity contribution in [3.63, 3.8) is 0 Å². The van der Waals surface area contributed by atoms with E-state index in [0.717, 1.165) is 11.1 Å². The number of rotatable bonds is 3. The van der Waals surface area contributed by atoms with Crippen molar-refractivity contribution in [2.75, 3.05) is 0 Å². The molecule has 0 aliphatic carbocycles. The maximum atomic E-state index is 12.0. The van der Waals surface area contributed by atoms with Gasteiger partial charge in [0.15, 0.2) is 5.78 Å². The van der Waals surface area contributed by atoms with E-state index in [1.165, 1.54) is 11.9 Å². The highest BCUT2D eigenvalue weighted by atomic mass is 16.1. The molecular weight excluding hydrogens is 214 g/mol. The smallest absolute Gasteiger partial charge is 0.170 e. The fraction of sp³-hybridized carbons (Fsp3) is 0.308. The zero-order valence-corrected chi connectivity index (χ0v) is 10.3. The highest BCUT2D eigenvalue weighted by Crippen LogP contribution is 2.11.